The van der Waals surface area contributed by atoms with Gasteiger partial charge in [0.1, 0.15) is 17.4 Å². The number of aryl methyl sites for hydroxylation is 1. The number of hydrogen-bond donors (Lipinski definition) is 1. The lowest BCUT2D eigenvalue weighted by molar-refractivity contribution is -0.121. The number of ether oxygens (including phenoxy) is 1. The van der Waals surface area contributed by atoms with Crippen molar-refractivity contribution < 1.29 is 27.5 Å². The summed E-state index contributed by atoms with van der Waals surface area (Å²) in [7, 11) is -3.76. The zero-order valence-electron chi connectivity index (χ0n) is 24.5. The average molecular weight is 591 g/mol. The Morgan fingerprint density at radius 2 is 1.76 bits per heavy atom. The van der Waals surface area contributed by atoms with Gasteiger partial charge in [-0.15, -0.1) is 0 Å². The molecule has 3 amide bonds. The first kappa shape index (κ1) is 30.5. The van der Waals surface area contributed by atoms with Gasteiger partial charge >= 0.3 is 6.09 Å². The highest BCUT2D eigenvalue weighted by Gasteiger charge is 2.43. The number of fused-ring (bicyclic) bond motifs is 2. The molecule has 3 aromatic carbocycles. The molecule has 0 aromatic heterocycles. The van der Waals surface area contributed by atoms with Crippen LogP contribution in [-0.2, 0) is 30.7 Å². The summed E-state index contributed by atoms with van der Waals surface area (Å²) in [5.41, 5.74) is 1.62. The molecule has 0 fully saturated rings. The van der Waals surface area contributed by atoms with Crippen LogP contribution in [0.15, 0.2) is 54.6 Å². The maximum absolute atomic E-state index is 14.4. The third-order valence-electron chi connectivity index (χ3n) is 6.99. The van der Waals surface area contributed by atoms with E-state index in [0.29, 0.717) is 5.69 Å². The Morgan fingerprint density at radius 3 is 2.40 bits per heavy atom. The standard InChI is InChI=1S/C31H34N4O6S/c1-19-11-13-22-9-7-8-10-23(22)24(19)17-34-25-14-12-21(16-32)15-26(25)35(27(36)18-42(6,39)40)20(2)28(29(34)37)33-30(38)41-31(3,4)5/h7-15,20,28H,17-18H2,1-6H3,(H,33,38)/t20-,28-/m0/s1. The largest absolute Gasteiger partial charge is 0.444 e. The molecular weight excluding hydrogens is 556 g/mol. The van der Waals surface area contributed by atoms with Crippen molar-refractivity contribution in [2.75, 3.05) is 21.8 Å². The van der Waals surface area contributed by atoms with Gasteiger partial charge in [0.05, 0.1) is 35.6 Å². The molecule has 1 aliphatic heterocycles. The number of hydrogen-bond acceptors (Lipinski definition) is 7. The summed E-state index contributed by atoms with van der Waals surface area (Å²) in [6.45, 7) is 8.61. The van der Waals surface area contributed by atoms with Crippen molar-refractivity contribution in [2.24, 2.45) is 0 Å². The second-order valence-electron chi connectivity index (χ2n) is 11.5. The normalized spacial score (nSPS) is 17.3. The minimum absolute atomic E-state index is 0.0816. The number of nitrogens with one attached hydrogen (secondary N) is 1. The molecule has 0 unspecified atom stereocenters. The van der Waals surface area contributed by atoms with Crippen LogP contribution in [0.2, 0.25) is 0 Å². The van der Waals surface area contributed by atoms with Crippen LogP contribution in [0.25, 0.3) is 10.8 Å². The smallest absolute Gasteiger partial charge is 0.408 e. The van der Waals surface area contributed by atoms with Gasteiger partial charge in [-0.3, -0.25) is 9.59 Å². The average Bonchev–Trinajstić information content (AvgIpc) is 2.96. The maximum atomic E-state index is 14.4. The number of anilines is 2. The number of rotatable bonds is 5. The number of benzene rings is 3. The van der Waals surface area contributed by atoms with Gasteiger partial charge in [-0.25, -0.2) is 13.2 Å². The van der Waals surface area contributed by atoms with Crippen molar-refractivity contribution in [3.8, 4) is 6.07 Å². The Balaban J connectivity index is 1.94. The summed E-state index contributed by atoms with van der Waals surface area (Å²) in [5, 5.41) is 14.2. The molecule has 4 rings (SSSR count). The highest BCUT2D eigenvalue weighted by atomic mass is 32.2. The van der Waals surface area contributed by atoms with Gasteiger partial charge in [0, 0.05) is 6.26 Å². The van der Waals surface area contributed by atoms with E-state index in [9.17, 15) is 28.1 Å². The van der Waals surface area contributed by atoms with Gasteiger partial charge < -0.3 is 19.9 Å². The van der Waals surface area contributed by atoms with Crippen LogP contribution in [0.4, 0.5) is 16.2 Å². The van der Waals surface area contributed by atoms with E-state index in [2.05, 4.69) is 5.32 Å². The van der Waals surface area contributed by atoms with E-state index in [1.807, 2.05) is 49.4 Å². The maximum Gasteiger partial charge on any atom is 0.408 e. The Bertz CT molecular complexity index is 1720. The molecule has 42 heavy (non-hydrogen) atoms. The molecule has 11 heteroatoms. The molecule has 2 atom stereocenters. The van der Waals surface area contributed by atoms with Crippen molar-refractivity contribution in [3.63, 3.8) is 0 Å². The van der Waals surface area contributed by atoms with Gasteiger partial charge in [0.25, 0.3) is 5.91 Å². The van der Waals surface area contributed by atoms with Crippen LogP contribution >= 0.6 is 0 Å². The number of sulfone groups is 1. The van der Waals surface area contributed by atoms with Crippen LogP contribution in [0.3, 0.4) is 0 Å². The first-order valence-corrected chi connectivity index (χ1v) is 15.5. The fourth-order valence-corrected chi connectivity index (χ4v) is 5.71. The minimum atomic E-state index is -3.76. The summed E-state index contributed by atoms with van der Waals surface area (Å²) in [4.78, 5) is 43.6. The predicted octanol–water partition coefficient (Wildman–Crippen LogP) is 4.23. The summed E-state index contributed by atoms with van der Waals surface area (Å²) in [6.07, 6.45) is 0.0742. The van der Waals surface area contributed by atoms with Crippen molar-refractivity contribution >= 4 is 49.9 Å². The van der Waals surface area contributed by atoms with Gasteiger partial charge in [-0.05, 0) is 74.7 Å². The fourth-order valence-electron chi connectivity index (χ4n) is 5.12. The van der Waals surface area contributed by atoms with Crippen molar-refractivity contribution in [1.29, 1.82) is 5.26 Å². The number of alkyl carbamates (subject to hydrolysis) is 1. The summed E-state index contributed by atoms with van der Waals surface area (Å²) in [5.74, 6) is -2.15. The van der Waals surface area contributed by atoms with E-state index in [1.54, 1.807) is 33.8 Å². The second-order valence-corrected chi connectivity index (χ2v) is 13.7. The SMILES string of the molecule is Cc1ccc2ccccc2c1CN1C(=O)[C@@H](NC(=O)OC(C)(C)C)[C@H](C)N(C(=O)CS(C)(=O)=O)c2cc(C#N)ccc21. The van der Waals surface area contributed by atoms with E-state index in [0.717, 1.165) is 28.2 Å². The number of carbonyl (C=O) groups is 3. The Labute approximate surface area is 245 Å². The molecule has 0 aliphatic carbocycles. The lowest BCUT2D eigenvalue weighted by Gasteiger charge is -2.32. The number of nitrogens with zero attached hydrogens (tertiary/aromatic N) is 3. The van der Waals surface area contributed by atoms with E-state index in [-0.39, 0.29) is 17.8 Å². The lowest BCUT2D eigenvalue weighted by Crippen LogP contribution is -2.58. The molecular formula is C31H34N4O6S. The molecule has 0 radical (unpaired) electrons. The molecule has 0 saturated carbocycles. The lowest BCUT2D eigenvalue weighted by atomic mass is 9.98. The summed E-state index contributed by atoms with van der Waals surface area (Å²) >= 11 is 0. The van der Waals surface area contributed by atoms with E-state index in [4.69, 9.17) is 4.74 Å². The van der Waals surface area contributed by atoms with Gasteiger partial charge in [0.2, 0.25) is 5.91 Å². The Kier molecular flexibility index (Phi) is 8.32. The van der Waals surface area contributed by atoms with Gasteiger partial charge in [0.15, 0.2) is 9.84 Å². The second kappa shape index (κ2) is 11.4. The minimum Gasteiger partial charge on any atom is -0.444 e. The predicted molar refractivity (Wildman–Crippen MR) is 161 cm³/mol. The van der Waals surface area contributed by atoms with Gasteiger partial charge in [-0.1, -0.05) is 36.4 Å². The number of carbonyl (C=O) groups excluding carboxylic acids is 3. The van der Waals surface area contributed by atoms with Crippen molar-refractivity contribution in [2.45, 2.75) is 58.8 Å². The first-order valence-electron chi connectivity index (χ1n) is 13.4. The number of amides is 3. The molecule has 0 spiro atoms. The van der Waals surface area contributed by atoms with Gasteiger partial charge in [-0.2, -0.15) is 5.26 Å². The van der Waals surface area contributed by atoms with Crippen molar-refractivity contribution in [1.82, 2.24) is 5.32 Å². The van der Waals surface area contributed by atoms with E-state index < -0.39 is 51.2 Å². The quantitative estimate of drug-likeness (QED) is 0.470. The molecule has 1 heterocycles. The van der Waals surface area contributed by atoms with E-state index in [1.165, 1.54) is 21.9 Å². The Hall–Kier alpha value is -4.43. The van der Waals surface area contributed by atoms with Crippen LogP contribution in [0, 0.1) is 18.3 Å². The zero-order valence-corrected chi connectivity index (χ0v) is 25.3. The monoisotopic (exact) mass is 590 g/mol. The molecule has 10 nitrogen and oxygen atoms in total. The highest BCUT2D eigenvalue weighted by Crippen LogP contribution is 2.38. The third-order valence-corrected chi connectivity index (χ3v) is 7.77. The zero-order chi connectivity index (χ0) is 31.0. The molecule has 3 aromatic rings. The highest BCUT2D eigenvalue weighted by molar-refractivity contribution is 7.91. The molecule has 1 aliphatic rings. The van der Waals surface area contributed by atoms with Crippen LogP contribution < -0.4 is 15.1 Å². The molecule has 0 bridgehead atoms. The van der Waals surface area contributed by atoms with Crippen molar-refractivity contribution in [3.05, 3.63) is 71.3 Å². The third kappa shape index (κ3) is 6.55. The van der Waals surface area contributed by atoms with Crippen LogP contribution in [-0.4, -0.2) is 56.0 Å². The number of nitriles is 1. The molecule has 1 N–H and O–H groups in total. The summed E-state index contributed by atoms with van der Waals surface area (Å²) in [6, 6.07) is 16.0. The molecule has 220 valence electrons. The van der Waals surface area contributed by atoms with Crippen LogP contribution in [0.5, 0.6) is 0 Å². The Morgan fingerprint density at radius 1 is 1.07 bits per heavy atom. The molecule has 0 saturated heterocycles. The van der Waals surface area contributed by atoms with E-state index >= 15 is 0 Å². The first-order chi connectivity index (χ1) is 19.6. The van der Waals surface area contributed by atoms with Crippen LogP contribution in [0.1, 0.15) is 44.4 Å². The summed E-state index contributed by atoms with van der Waals surface area (Å²) < 4.78 is 29.8. The fraction of sp³-hybridized carbons (Fsp3) is 0.355. The topological polar surface area (TPSA) is 137 Å².